The lowest BCUT2D eigenvalue weighted by molar-refractivity contribution is 0.0684. The Morgan fingerprint density at radius 3 is 2.79 bits per heavy atom. The molecule has 0 radical (unpaired) electrons. The van der Waals surface area contributed by atoms with Gasteiger partial charge in [0.1, 0.15) is 5.82 Å². The fourth-order valence-corrected chi connectivity index (χ4v) is 2.43. The summed E-state index contributed by atoms with van der Waals surface area (Å²) >= 11 is 0. The molecule has 106 valence electrons. The van der Waals surface area contributed by atoms with Crippen molar-refractivity contribution in [3.63, 3.8) is 0 Å². The molecule has 2 heterocycles. The van der Waals surface area contributed by atoms with Crippen LogP contribution in [0.5, 0.6) is 0 Å². The average Bonchev–Trinajstić information content (AvgIpc) is 2.77. The van der Waals surface area contributed by atoms with Crippen molar-refractivity contribution in [3.05, 3.63) is 11.6 Å². The molecule has 1 aliphatic heterocycles. The van der Waals surface area contributed by atoms with E-state index in [9.17, 15) is 4.79 Å². The summed E-state index contributed by atoms with van der Waals surface area (Å²) < 4.78 is 0. The first-order valence-corrected chi connectivity index (χ1v) is 6.91. The molecule has 6 nitrogen and oxygen atoms in total. The summed E-state index contributed by atoms with van der Waals surface area (Å²) in [6.45, 7) is 8.83. The number of rotatable bonds is 2. The minimum Gasteiger partial charge on any atom is -0.332 e. The van der Waals surface area contributed by atoms with Gasteiger partial charge in [0.25, 0.3) is 5.91 Å². The highest BCUT2D eigenvalue weighted by Crippen LogP contribution is 2.13. The van der Waals surface area contributed by atoms with Gasteiger partial charge in [0, 0.05) is 25.0 Å². The van der Waals surface area contributed by atoms with E-state index in [1.165, 1.54) is 0 Å². The number of carbonyl (C=O) groups is 1. The van der Waals surface area contributed by atoms with Crippen molar-refractivity contribution in [1.82, 2.24) is 25.0 Å². The fraction of sp³-hybridized carbons (Fsp3) is 0.769. The molecule has 0 bridgehead atoms. The largest absolute Gasteiger partial charge is 0.332 e. The number of aromatic nitrogens is 3. The van der Waals surface area contributed by atoms with Crippen molar-refractivity contribution < 1.29 is 4.79 Å². The summed E-state index contributed by atoms with van der Waals surface area (Å²) in [7, 11) is 2.09. The zero-order valence-electron chi connectivity index (χ0n) is 12.2. The van der Waals surface area contributed by atoms with Gasteiger partial charge >= 0.3 is 0 Å². The number of H-pyrrole nitrogens is 1. The van der Waals surface area contributed by atoms with Crippen LogP contribution in [-0.4, -0.2) is 63.6 Å². The zero-order chi connectivity index (χ0) is 14.0. The Kier molecular flexibility index (Phi) is 4.19. The molecule has 1 saturated heterocycles. The van der Waals surface area contributed by atoms with E-state index in [2.05, 4.69) is 34.1 Å². The van der Waals surface area contributed by atoms with Crippen LogP contribution in [-0.2, 0) is 0 Å². The fourth-order valence-electron chi connectivity index (χ4n) is 2.43. The maximum Gasteiger partial charge on any atom is 0.293 e. The molecule has 1 amide bonds. The third kappa shape index (κ3) is 3.12. The molecule has 1 aromatic rings. The molecule has 19 heavy (non-hydrogen) atoms. The van der Waals surface area contributed by atoms with E-state index in [1.54, 1.807) is 0 Å². The van der Waals surface area contributed by atoms with E-state index in [0.29, 0.717) is 5.82 Å². The second-order valence-electron chi connectivity index (χ2n) is 5.66. The van der Waals surface area contributed by atoms with Gasteiger partial charge < -0.3 is 9.80 Å². The van der Waals surface area contributed by atoms with Crippen LogP contribution < -0.4 is 0 Å². The molecule has 1 fully saturated rings. The van der Waals surface area contributed by atoms with Crippen molar-refractivity contribution >= 4 is 5.91 Å². The lowest BCUT2D eigenvalue weighted by Gasteiger charge is -2.26. The van der Waals surface area contributed by atoms with Crippen molar-refractivity contribution in [1.29, 1.82) is 0 Å². The van der Waals surface area contributed by atoms with E-state index in [0.717, 1.165) is 31.9 Å². The summed E-state index contributed by atoms with van der Waals surface area (Å²) in [5, 5.41) is 6.90. The topological polar surface area (TPSA) is 65.1 Å². The first-order valence-electron chi connectivity index (χ1n) is 6.91. The number of nitrogens with one attached hydrogen (secondary N) is 1. The Bertz CT molecular complexity index is 442. The van der Waals surface area contributed by atoms with E-state index in [4.69, 9.17) is 0 Å². The molecule has 0 saturated carbocycles. The first kappa shape index (κ1) is 14.0. The van der Waals surface area contributed by atoms with Crippen LogP contribution in [0.1, 0.15) is 49.6 Å². The summed E-state index contributed by atoms with van der Waals surface area (Å²) in [6.07, 6.45) is 0.994. The highest BCUT2D eigenvalue weighted by atomic mass is 16.2. The Morgan fingerprint density at radius 2 is 2.16 bits per heavy atom. The van der Waals surface area contributed by atoms with Gasteiger partial charge in [0.2, 0.25) is 5.82 Å². The van der Waals surface area contributed by atoms with Gasteiger partial charge in [-0.1, -0.05) is 13.8 Å². The smallest absolute Gasteiger partial charge is 0.293 e. The number of carbonyl (C=O) groups excluding carboxylic acids is 1. The summed E-state index contributed by atoms with van der Waals surface area (Å²) in [5.41, 5.74) is 0. The number of aromatic amines is 1. The molecule has 6 heteroatoms. The van der Waals surface area contributed by atoms with Crippen LogP contribution in [0.15, 0.2) is 0 Å². The molecule has 1 unspecified atom stereocenters. The van der Waals surface area contributed by atoms with Crippen molar-refractivity contribution in [2.75, 3.05) is 26.7 Å². The van der Waals surface area contributed by atoms with Crippen LogP contribution in [0.3, 0.4) is 0 Å². The molecule has 0 aliphatic carbocycles. The predicted molar refractivity (Wildman–Crippen MR) is 73.1 cm³/mol. The summed E-state index contributed by atoms with van der Waals surface area (Å²) in [6, 6.07) is 0.195. The second kappa shape index (κ2) is 5.69. The van der Waals surface area contributed by atoms with Crippen LogP contribution in [0.2, 0.25) is 0 Å². The van der Waals surface area contributed by atoms with Crippen LogP contribution in [0.4, 0.5) is 0 Å². The summed E-state index contributed by atoms with van der Waals surface area (Å²) in [5.74, 6) is 1.25. The average molecular weight is 265 g/mol. The van der Waals surface area contributed by atoms with Gasteiger partial charge in [-0.15, -0.1) is 5.10 Å². The van der Waals surface area contributed by atoms with Crippen molar-refractivity contribution in [3.8, 4) is 0 Å². The van der Waals surface area contributed by atoms with Gasteiger partial charge in [0.05, 0.1) is 0 Å². The maximum atomic E-state index is 12.5. The molecular weight excluding hydrogens is 242 g/mol. The molecule has 2 rings (SSSR count). The molecule has 1 atom stereocenters. The Balaban J connectivity index is 2.13. The SMILES string of the molecule is CC(C)c1nc(C(=O)N2CCCN(C)CC2C)n[nH]1. The third-order valence-corrected chi connectivity index (χ3v) is 3.55. The standard InChI is InChI=1S/C13H23N5O/c1-9(2)11-14-12(16-15-11)13(19)18-7-5-6-17(4)8-10(18)3/h9-10H,5-8H2,1-4H3,(H,14,15,16). The monoisotopic (exact) mass is 265 g/mol. The number of nitrogens with zero attached hydrogens (tertiary/aromatic N) is 4. The van der Waals surface area contributed by atoms with Gasteiger partial charge in [-0.05, 0) is 26.9 Å². The lowest BCUT2D eigenvalue weighted by Crippen LogP contribution is -2.42. The minimum absolute atomic E-state index is 0.0639. The highest BCUT2D eigenvalue weighted by Gasteiger charge is 2.27. The lowest BCUT2D eigenvalue weighted by atomic mass is 10.2. The number of hydrogen-bond acceptors (Lipinski definition) is 4. The van der Waals surface area contributed by atoms with Gasteiger partial charge in [-0.25, -0.2) is 4.98 Å². The van der Waals surface area contributed by atoms with E-state index >= 15 is 0 Å². The predicted octanol–water partition coefficient (Wildman–Crippen LogP) is 1.09. The maximum absolute atomic E-state index is 12.5. The number of hydrogen-bond donors (Lipinski definition) is 1. The van der Waals surface area contributed by atoms with Crippen LogP contribution in [0.25, 0.3) is 0 Å². The van der Waals surface area contributed by atoms with Gasteiger partial charge in [0.15, 0.2) is 0 Å². The quantitative estimate of drug-likeness (QED) is 0.869. The molecule has 1 N–H and O–H groups in total. The van der Waals surface area contributed by atoms with E-state index in [1.807, 2.05) is 18.7 Å². The summed E-state index contributed by atoms with van der Waals surface area (Å²) in [4.78, 5) is 20.9. The van der Waals surface area contributed by atoms with E-state index in [-0.39, 0.29) is 17.9 Å². The molecule has 0 aromatic carbocycles. The Hall–Kier alpha value is -1.43. The highest BCUT2D eigenvalue weighted by molar-refractivity contribution is 5.90. The van der Waals surface area contributed by atoms with Crippen LogP contribution >= 0.6 is 0 Å². The number of likely N-dealkylation sites (N-methyl/N-ethyl adjacent to an activating group) is 1. The minimum atomic E-state index is -0.0639. The third-order valence-electron chi connectivity index (χ3n) is 3.55. The van der Waals surface area contributed by atoms with Crippen molar-refractivity contribution in [2.24, 2.45) is 0 Å². The first-order chi connectivity index (χ1) is 8.99. The molecule has 1 aromatic heterocycles. The van der Waals surface area contributed by atoms with Gasteiger partial charge in [-0.2, -0.15) is 0 Å². The molecular formula is C13H23N5O. The Labute approximate surface area is 114 Å². The normalized spacial score (nSPS) is 21.7. The molecule has 1 aliphatic rings. The Morgan fingerprint density at radius 1 is 1.42 bits per heavy atom. The van der Waals surface area contributed by atoms with Crippen LogP contribution in [0, 0.1) is 0 Å². The number of amides is 1. The molecule has 0 spiro atoms. The van der Waals surface area contributed by atoms with E-state index < -0.39 is 0 Å². The zero-order valence-corrected chi connectivity index (χ0v) is 12.2. The second-order valence-corrected chi connectivity index (χ2v) is 5.66. The van der Waals surface area contributed by atoms with Crippen molar-refractivity contribution in [2.45, 2.75) is 39.2 Å². The van der Waals surface area contributed by atoms with Gasteiger partial charge in [-0.3, -0.25) is 9.89 Å².